The van der Waals surface area contributed by atoms with E-state index in [2.05, 4.69) is 73.8 Å². The fraction of sp³-hybridized carbons (Fsp3) is 0.333. The Hall–Kier alpha value is -2.52. The molecule has 1 unspecified atom stereocenters. The topological polar surface area (TPSA) is 17.4 Å². The van der Waals surface area contributed by atoms with Gasteiger partial charge in [-0.1, -0.05) is 23.8 Å². The summed E-state index contributed by atoms with van der Waals surface area (Å²) in [6, 6.07) is 15.5. The minimum Gasteiger partial charge on any atom is -0.497 e. The Labute approximate surface area is 161 Å². The summed E-state index contributed by atoms with van der Waals surface area (Å²) in [4.78, 5) is 2.45. The number of nitrogens with zero attached hydrogens (tertiary/aromatic N) is 2. The summed E-state index contributed by atoms with van der Waals surface area (Å²) in [5, 5.41) is 1.41. The van der Waals surface area contributed by atoms with E-state index >= 15 is 0 Å². The van der Waals surface area contributed by atoms with Crippen molar-refractivity contribution < 1.29 is 4.74 Å². The molecular weight excluding hydrogens is 332 g/mol. The van der Waals surface area contributed by atoms with Crippen molar-refractivity contribution in [3.8, 4) is 5.75 Å². The van der Waals surface area contributed by atoms with Crippen LogP contribution in [-0.4, -0.2) is 30.2 Å². The Morgan fingerprint density at radius 3 is 2.59 bits per heavy atom. The molecule has 0 bridgehead atoms. The fourth-order valence-electron chi connectivity index (χ4n) is 4.18. The minimum atomic E-state index is 0.404. The van der Waals surface area contributed by atoms with E-state index in [-0.39, 0.29) is 0 Å². The van der Waals surface area contributed by atoms with Crippen molar-refractivity contribution in [2.75, 3.05) is 20.7 Å². The zero-order chi connectivity index (χ0) is 19.1. The molecule has 1 aromatic heterocycles. The number of aromatic nitrogens is 1. The maximum Gasteiger partial charge on any atom is 0.118 e. The number of hydrogen-bond acceptors (Lipinski definition) is 2. The molecule has 2 aromatic carbocycles. The van der Waals surface area contributed by atoms with E-state index in [9.17, 15) is 0 Å². The van der Waals surface area contributed by atoms with Crippen molar-refractivity contribution in [2.45, 2.75) is 33.2 Å². The van der Waals surface area contributed by atoms with Gasteiger partial charge in [0.1, 0.15) is 5.75 Å². The predicted octanol–water partition coefficient (Wildman–Crippen LogP) is 5.53. The van der Waals surface area contributed by atoms with E-state index in [1.54, 1.807) is 7.11 Å². The first-order valence-electron chi connectivity index (χ1n) is 9.66. The Kier molecular flexibility index (Phi) is 4.56. The van der Waals surface area contributed by atoms with Crippen LogP contribution in [0.15, 0.2) is 42.5 Å². The van der Waals surface area contributed by atoms with Crippen molar-refractivity contribution in [1.29, 1.82) is 0 Å². The maximum atomic E-state index is 5.29. The van der Waals surface area contributed by atoms with Crippen molar-refractivity contribution in [2.24, 2.45) is 0 Å². The molecule has 0 amide bonds. The van der Waals surface area contributed by atoms with Crippen LogP contribution in [0.2, 0.25) is 0 Å². The molecular formula is C24H28N2O. The highest BCUT2D eigenvalue weighted by Gasteiger charge is 2.27. The molecule has 0 aliphatic carbocycles. The Morgan fingerprint density at radius 2 is 1.89 bits per heavy atom. The van der Waals surface area contributed by atoms with Crippen LogP contribution >= 0.6 is 0 Å². The lowest BCUT2D eigenvalue weighted by Gasteiger charge is -2.31. The van der Waals surface area contributed by atoms with Crippen molar-refractivity contribution in [1.82, 2.24) is 9.47 Å². The highest BCUT2D eigenvalue weighted by molar-refractivity contribution is 5.90. The number of ether oxygens (including phenoxy) is 1. The summed E-state index contributed by atoms with van der Waals surface area (Å²) in [6.45, 7) is 7.80. The molecule has 4 rings (SSSR count). The third kappa shape index (κ3) is 3.06. The molecule has 0 spiro atoms. The van der Waals surface area contributed by atoms with Crippen LogP contribution in [-0.2, 0) is 6.42 Å². The highest BCUT2D eigenvalue weighted by Crippen LogP contribution is 2.37. The van der Waals surface area contributed by atoms with Gasteiger partial charge in [-0.15, -0.1) is 0 Å². The van der Waals surface area contributed by atoms with E-state index < -0.39 is 0 Å². The number of likely N-dealkylation sites (N-methyl/N-ethyl adjacent to an activating group) is 1. The molecule has 1 aliphatic heterocycles. The van der Waals surface area contributed by atoms with Crippen molar-refractivity contribution >= 4 is 22.7 Å². The Bertz CT molecular complexity index is 1010. The minimum absolute atomic E-state index is 0.404. The lowest BCUT2D eigenvalue weighted by molar-refractivity contribution is 0.242. The fourth-order valence-corrected chi connectivity index (χ4v) is 4.18. The third-order valence-electron chi connectivity index (χ3n) is 5.94. The molecule has 2 heterocycles. The van der Waals surface area contributed by atoms with E-state index in [1.165, 1.54) is 38.9 Å². The number of fused-ring (bicyclic) bond motifs is 3. The summed E-state index contributed by atoms with van der Waals surface area (Å²) >= 11 is 0. The summed E-state index contributed by atoms with van der Waals surface area (Å²) in [5.41, 5.74) is 8.04. The number of aryl methyl sites for hydroxylation is 1. The van der Waals surface area contributed by atoms with Crippen LogP contribution in [0.25, 0.3) is 22.7 Å². The monoisotopic (exact) mass is 360 g/mol. The van der Waals surface area contributed by atoms with Crippen LogP contribution < -0.4 is 4.74 Å². The second-order valence-corrected chi connectivity index (χ2v) is 7.70. The van der Waals surface area contributed by atoms with Crippen LogP contribution in [0.3, 0.4) is 0 Å². The zero-order valence-electron chi connectivity index (χ0n) is 16.9. The van der Waals surface area contributed by atoms with E-state index in [1.807, 2.05) is 12.1 Å². The predicted molar refractivity (Wildman–Crippen MR) is 114 cm³/mol. The second kappa shape index (κ2) is 6.90. The number of benzene rings is 2. The molecule has 27 heavy (non-hydrogen) atoms. The van der Waals surface area contributed by atoms with Gasteiger partial charge in [-0.25, -0.2) is 0 Å². The zero-order valence-corrected chi connectivity index (χ0v) is 16.9. The molecule has 140 valence electrons. The van der Waals surface area contributed by atoms with E-state index in [0.29, 0.717) is 6.04 Å². The smallest absolute Gasteiger partial charge is 0.118 e. The normalized spacial score (nSPS) is 18.0. The number of allylic oxidation sites excluding steroid dienone is 1. The first kappa shape index (κ1) is 17.9. The van der Waals surface area contributed by atoms with Gasteiger partial charge in [0.25, 0.3) is 0 Å². The van der Waals surface area contributed by atoms with E-state index in [0.717, 1.165) is 18.7 Å². The molecule has 0 saturated heterocycles. The highest BCUT2D eigenvalue weighted by atomic mass is 16.5. The molecule has 3 heteroatoms. The van der Waals surface area contributed by atoms with Gasteiger partial charge < -0.3 is 9.30 Å². The molecule has 0 saturated carbocycles. The van der Waals surface area contributed by atoms with Crippen LogP contribution in [0.5, 0.6) is 5.75 Å². The van der Waals surface area contributed by atoms with Gasteiger partial charge in [0.05, 0.1) is 12.6 Å². The van der Waals surface area contributed by atoms with Gasteiger partial charge in [-0.05, 0) is 75.2 Å². The van der Waals surface area contributed by atoms with Crippen LogP contribution in [0.1, 0.15) is 42.3 Å². The van der Waals surface area contributed by atoms with Gasteiger partial charge in [0, 0.05) is 29.9 Å². The van der Waals surface area contributed by atoms with Crippen molar-refractivity contribution in [3.05, 3.63) is 64.8 Å². The van der Waals surface area contributed by atoms with Crippen LogP contribution in [0.4, 0.5) is 0 Å². The lowest BCUT2D eigenvalue weighted by Crippen LogP contribution is -2.31. The molecule has 1 atom stereocenters. The number of hydrogen-bond donors (Lipinski definition) is 0. The van der Waals surface area contributed by atoms with Gasteiger partial charge >= 0.3 is 0 Å². The Balaban J connectivity index is 1.90. The first-order chi connectivity index (χ1) is 13.0. The molecule has 1 aliphatic rings. The molecule has 3 nitrogen and oxygen atoms in total. The van der Waals surface area contributed by atoms with E-state index in [4.69, 9.17) is 4.74 Å². The molecule has 0 fully saturated rings. The number of rotatable bonds is 3. The number of methoxy groups -OCH3 is 1. The van der Waals surface area contributed by atoms with Gasteiger partial charge in [-0.2, -0.15) is 0 Å². The second-order valence-electron chi connectivity index (χ2n) is 7.70. The molecule has 3 aromatic rings. The third-order valence-corrected chi connectivity index (χ3v) is 5.94. The largest absolute Gasteiger partial charge is 0.497 e. The first-order valence-corrected chi connectivity index (χ1v) is 9.66. The summed E-state index contributed by atoms with van der Waals surface area (Å²) in [5.74, 6) is 0.890. The summed E-state index contributed by atoms with van der Waals surface area (Å²) < 4.78 is 7.71. The van der Waals surface area contributed by atoms with Gasteiger partial charge in [0.15, 0.2) is 0 Å². The van der Waals surface area contributed by atoms with Gasteiger partial charge in [0.2, 0.25) is 0 Å². The quantitative estimate of drug-likeness (QED) is 0.611. The average molecular weight is 361 g/mol. The molecule has 0 N–H and O–H groups in total. The van der Waals surface area contributed by atoms with Gasteiger partial charge in [-0.3, -0.25) is 4.90 Å². The standard InChI is InChI=1S/C24H28N2O/c1-16-6-11-23-22(14-16)21-12-13-25(4)18(3)24(21)26(23)15-17(2)19-7-9-20(27-5)10-8-19/h6-11,14-15,18H,12-13H2,1-5H3/b17-15+. The maximum absolute atomic E-state index is 5.29. The average Bonchev–Trinajstić information content (AvgIpc) is 2.98. The Morgan fingerprint density at radius 1 is 1.15 bits per heavy atom. The lowest BCUT2D eigenvalue weighted by atomic mass is 9.98. The summed E-state index contributed by atoms with van der Waals surface area (Å²) in [6.07, 6.45) is 3.41. The molecule has 0 radical (unpaired) electrons. The van der Waals surface area contributed by atoms with Crippen molar-refractivity contribution in [3.63, 3.8) is 0 Å². The van der Waals surface area contributed by atoms with Crippen LogP contribution in [0, 0.1) is 6.92 Å². The SMILES string of the molecule is COc1ccc(/C(C)=C/n2c3c(c4cc(C)ccc42)CCN(C)C3C)cc1. The summed E-state index contributed by atoms with van der Waals surface area (Å²) in [7, 11) is 3.93.